The van der Waals surface area contributed by atoms with Crippen molar-refractivity contribution in [2.24, 2.45) is 5.92 Å². The summed E-state index contributed by atoms with van der Waals surface area (Å²) in [6, 6.07) is 0. The van der Waals surface area contributed by atoms with Gasteiger partial charge in [-0.25, -0.2) is 0 Å². The van der Waals surface area contributed by atoms with Gasteiger partial charge < -0.3 is 4.74 Å². The molecule has 1 rings (SSSR count). The third-order valence-electron chi connectivity index (χ3n) is 2.40. The Morgan fingerprint density at radius 1 is 1.64 bits per heavy atom. The van der Waals surface area contributed by atoms with Crippen molar-refractivity contribution >= 4 is 5.97 Å². The van der Waals surface area contributed by atoms with Crippen molar-refractivity contribution in [2.75, 3.05) is 0 Å². The molecule has 0 bridgehead atoms. The number of esters is 1. The zero-order valence-electron chi connectivity index (χ0n) is 7.30. The second-order valence-electron chi connectivity index (χ2n) is 3.25. The maximum absolute atomic E-state index is 10.6. The molecular weight excluding hydrogens is 140 g/mol. The van der Waals surface area contributed by atoms with E-state index in [4.69, 9.17) is 4.74 Å². The molecule has 1 saturated carbocycles. The third-order valence-corrected chi connectivity index (χ3v) is 2.40. The van der Waals surface area contributed by atoms with Crippen LogP contribution in [0.25, 0.3) is 0 Å². The quantitative estimate of drug-likeness (QED) is 0.585. The Hall–Kier alpha value is -0.530. The van der Waals surface area contributed by atoms with Crippen LogP contribution in [0, 0.1) is 5.92 Å². The van der Waals surface area contributed by atoms with Gasteiger partial charge in [-0.2, -0.15) is 0 Å². The summed E-state index contributed by atoms with van der Waals surface area (Å²) < 4.78 is 5.16. The molecule has 0 aromatic rings. The lowest BCUT2D eigenvalue weighted by molar-refractivity contribution is -0.151. The minimum absolute atomic E-state index is 0.135. The van der Waals surface area contributed by atoms with Crippen molar-refractivity contribution in [1.82, 2.24) is 0 Å². The van der Waals surface area contributed by atoms with Crippen LogP contribution in [0.3, 0.4) is 0 Å². The lowest BCUT2D eigenvalue weighted by Gasteiger charge is -2.32. The molecule has 64 valence electrons. The molecule has 1 fully saturated rings. The molecule has 2 nitrogen and oxygen atoms in total. The van der Waals surface area contributed by atoms with Gasteiger partial charge in [0.1, 0.15) is 6.10 Å². The SMILES string of the molecule is CCC(OC(C)=O)C1CCC1. The van der Waals surface area contributed by atoms with Crippen LogP contribution < -0.4 is 0 Å². The van der Waals surface area contributed by atoms with Gasteiger partial charge in [-0.15, -0.1) is 0 Å². The predicted octanol–water partition coefficient (Wildman–Crippen LogP) is 2.13. The predicted molar refractivity (Wildman–Crippen MR) is 43.2 cm³/mol. The summed E-state index contributed by atoms with van der Waals surface area (Å²) in [5.74, 6) is 0.521. The first-order valence-corrected chi connectivity index (χ1v) is 4.41. The molecule has 0 aromatic heterocycles. The van der Waals surface area contributed by atoms with Crippen LogP contribution in [-0.4, -0.2) is 12.1 Å². The lowest BCUT2D eigenvalue weighted by Crippen LogP contribution is -2.30. The molecule has 0 amide bonds. The highest BCUT2D eigenvalue weighted by Crippen LogP contribution is 2.32. The number of hydrogen-bond acceptors (Lipinski definition) is 2. The van der Waals surface area contributed by atoms with Crippen LogP contribution in [-0.2, 0) is 9.53 Å². The molecular formula is C9H16O2. The number of rotatable bonds is 3. The fraction of sp³-hybridized carbons (Fsp3) is 0.889. The molecule has 0 saturated heterocycles. The minimum Gasteiger partial charge on any atom is -0.462 e. The molecule has 1 aliphatic rings. The summed E-state index contributed by atoms with van der Waals surface area (Å²) in [4.78, 5) is 10.6. The van der Waals surface area contributed by atoms with Gasteiger partial charge in [0.2, 0.25) is 0 Å². The van der Waals surface area contributed by atoms with E-state index in [0.717, 1.165) is 6.42 Å². The third kappa shape index (κ3) is 2.21. The van der Waals surface area contributed by atoms with Crippen LogP contribution in [0.5, 0.6) is 0 Å². The van der Waals surface area contributed by atoms with Crippen molar-refractivity contribution in [3.63, 3.8) is 0 Å². The summed E-state index contributed by atoms with van der Waals surface area (Å²) >= 11 is 0. The van der Waals surface area contributed by atoms with Gasteiger partial charge in [0.25, 0.3) is 0 Å². The van der Waals surface area contributed by atoms with Gasteiger partial charge in [0.05, 0.1) is 0 Å². The highest BCUT2D eigenvalue weighted by atomic mass is 16.5. The zero-order chi connectivity index (χ0) is 8.27. The molecule has 0 spiro atoms. The molecule has 11 heavy (non-hydrogen) atoms. The van der Waals surface area contributed by atoms with Crippen LogP contribution in [0.2, 0.25) is 0 Å². The Labute approximate surface area is 67.9 Å². The van der Waals surface area contributed by atoms with E-state index in [2.05, 4.69) is 6.92 Å². The molecule has 1 unspecified atom stereocenters. The maximum Gasteiger partial charge on any atom is 0.302 e. The first kappa shape index (κ1) is 8.57. The average molecular weight is 156 g/mol. The summed E-state index contributed by atoms with van der Waals surface area (Å²) in [5, 5.41) is 0. The standard InChI is InChI=1S/C9H16O2/c1-3-9(11-7(2)10)8-5-4-6-8/h8-9H,3-6H2,1-2H3. The first-order valence-electron chi connectivity index (χ1n) is 4.41. The zero-order valence-corrected chi connectivity index (χ0v) is 7.30. The van der Waals surface area contributed by atoms with Crippen LogP contribution >= 0.6 is 0 Å². The summed E-state index contributed by atoms with van der Waals surface area (Å²) in [6.45, 7) is 3.56. The summed E-state index contributed by atoms with van der Waals surface area (Å²) in [7, 11) is 0. The number of ether oxygens (including phenoxy) is 1. The molecule has 0 aliphatic heterocycles. The Morgan fingerprint density at radius 3 is 2.55 bits per heavy atom. The van der Waals surface area contributed by atoms with Gasteiger partial charge >= 0.3 is 5.97 Å². The van der Waals surface area contributed by atoms with Gasteiger partial charge in [-0.05, 0) is 25.2 Å². The minimum atomic E-state index is -0.135. The van der Waals surface area contributed by atoms with Gasteiger partial charge in [0, 0.05) is 6.92 Å². The van der Waals surface area contributed by atoms with Gasteiger partial charge in [0.15, 0.2) is 0 Å². The fourth-order valence-electron chi connectivity index (χ4n) is 1.54. The largest absolute Gasteiger partial charge is 0.462 e. The lowest BCUT2D eigenvalue weighted by atomic mass is 9.80. The molecule has 0 N–H and O–H groups in total. The first-order chi connectivity index (χ1) is 5.24. The van der Waals surface area contributed by atoms with Gasteiger partial charge in [-0.3, -0.25) is 4.79 Å². The van der Waals surface area contributed by atoms with Crippen molar-refractivity contribution < 1.29 is 9.53 Å². The average Bonchev–Trinajstić information content (AvgIpc) is 1.81. The second kappa shape index (κ2) is 3.74. The van der Waals surface area contributed by atoms with Crippen molar-refractivity contribution in [3.8, 4) is 0 Å². The number of hydrogen-bond donors (Lipinski definition) is 0. The molecule has 0 heterocycles. The fourth-order valence-corrected chi connectivity index (χ4v) is 1.54. The normalized spacial score (nSPS) is 20.5. The van der Waals surface area contributed by atoms with E-state index in [1.54, 1.807) is 0 Å². The summed E-state index contributed by atoms with van der Waals surface area (Å²) in [5.41, 5.74) is 0. The molecule has 0 radical (unpaired) electrons. The molecule has 2 heteroatoms. The van der Waals surface area contributed by atoms with E-state index in [-0.39, 0.29) is 12.1 Å². The topological polar surface area (TPSA) is 26.3 Å². The monoisotopic (exact) mass is 156 g/mol. The highest BCUT2D eigenvalue weighted by Gasteiger charge is 2.27. The molecule has 1 aliphatic carbocycles. The maximum atomic E-state index is 10.6. The van der Waals surface area contributed by atoms with Crippen LogP contribution in [0.4, 0.5) is 0 Å². The summed E-state index contributed by atoms with van der Waals surface area (Å²) in [6.07, 6.45) is 4.95. The van der Waals surface area contributed by atoms with Crippen LogP contribution in [0.15, 0.2) is 0 Å². The van der Waals surface area contributed by atoms with Gasteiger partial charge in [-0.1, -0.05) is 13.3 Å². The van der Waals surface area contributed by atoms with E-state index >= 15 is 0 Å². The van der Waals surface area contributed by atoms with E-state index in [0.29, 0.717) is 5.92 Å². The van der Waals surface area contributed by atoms with E-state index in [1.165, 1.54) is 26.2 Å². The smallest absolute Gasteiger partial charge is 0.302 e. The Kier molecular flexibility index (Phi) is 2.92. The van der Waals surface area contributed by atoms with E-state index in [1.807, 2.05) is 0 Å². The van der Waals surface area contributed by atoms with E-state index in [9.17, 15) is 4.79 Å². The van der Waals surface area contributed by atoms with Crippen molar-refractivity contribution in [2.45, 2.75) is 45.6 Å². The van der Waals surface area contributed by atoms with Crippen LogP contribution in [0.1, 0.15) is 39.5 Å². The number of carbonyl (C=O) groups is 1. The van der Waals surface area contributed by atoms with E-state index < -0.39 is 0 Å². The van der Waals surface area contributed by atoms with Crippen molar-refractivity contribution in [1.29, 1.82) is 0 Å². The Bertz CT molecular complexity index is 138. The molecule has 0 aromatic carbocycles. The Balaban J connectivity index is 2.29. The van der Waals surface area contributed by atoms with Crippen molar-refractivity contribution in [3.05, 3.63) is 0 Å². The second-order valence-corrected chi connectivity index (χ2v) is 3.25. The highest BCUT2D eigenvalue weighted by molar-refractivity contribution is 5.66. The Morgan fingerprint density at radius 2 is 2.27 bits per heavy atom. The molecule has 1 atom stereocenters. The number of carbonyl (C=O) groups excluding carboxylic acids is 1.